The summed E-state index contributed by atoms with van der Waals surface area (Å²) in [6, 6.07) is 0. The minimum Gasteiger partial charge on any atom is -0.103 e. The lowest BCUT2D eigenvalue weighted by Crippen LogP contribution is -2.17. The Morgan fingerprint density at radius 3 is 1.73 bits per heavy atom. The Kier molecular flexibility index (Phi) is 6.20. The normalized spacial score (nSPS) is 19.4. The quantitative estimate of drug-likeness (QED) is 0.573. The van der Waals surface area contributed by atoms with Gasteiger partial charge in [0.15, 0.2) is 0 Å². The predicted molar refractivity (Wildman–Crippen MR) is 73.2 cm³/mol. The fourth-order valence-corrected chi connectivity index (χ4v) is 6.47. The second-order valence-electron chi connectivity index (χ2n) is 6.03. The molecular formula is C14H29P. The molecule has 0 aromatic carbocycles. The lowest BCUT2D eigenvalue weighted by Gasteiger charge is -2.33. The van der Waals surface area contributed by atoms with Crippen LogP contribution in [0.1, 0.15) is 59.8 Å². The van der Waals surface area contributed by atoms with Gasteiger partial charge in [-0.15, -0.1) is 7.92 Å². The Hall–Kier alpha value is 0.430. The van der Waals surface area contributed by atoms with E-state index in [-0.39, 0.29) is 0 Å². The van der Waals surface area contributed by atoms with E-state index in [9.17, 15) is 0 Å². The average Bonchev–Trinajstić information content (AvgIpc) is 2.17. The fraction of sp³-hybridized carbons (Fsp3) is 1.00. The third kappa shape index (κ3) is 5.34. The zero-order valence-electron chi connectivity index (χ0n) is 11.1. The molecule has 1 aliphatic rings. The van der Waals surface area contributed by atoms with Crippen molar-refractivity contribution < 1.29 is 0 Å². The van der Waals surface area contributed by atoms with Gasteiger partial charge in [-0.2, -0.15) is 0 Å². The third-order valence-electron chi connectivity index (χ3n) is 3.29. The maximum absolute atomic E-state index is 2.40. The van der Waals surface area contributed by atoms with E-state index < -0.39 is 0 Å². The maximum Gasteiger partial charge on any atom is -0.0209 e. The summed E-state index contributed by atoms with van der Waals surface area (Å²) >= 11 is 0. The molecule has 0 bridgehead atoms. The number of hydrogen-bond acceptors (Lipinski definition) is 0. The molecule has 1 rings (SSSR count). The van der Waals surface area contributed by atoms with Gasteiger partial charge in [0, 0.05) is 0 Å². The lowest BCUT2D eigenvalue weighted by molar-refractivity contribution is 0.507. The van der Waals surface area contributed by atoms with E-state index in [2.05, 4.69) is 27.7 Å². The van der Waals surface area contributed by atoms with Gasteiger partial charge >= 0.3 is 0 Å². The first kappa shape index (κ1) is 13.5. The van der Waals surface area contributed by atoms with Crippen molar-refractivity contribution in [2.75, 3.05) is 12.3 Å². The molecule has 1 saturated carbocycles. The summed E-state index contributed by atoms with van der Waals surface area (Å²) < 4.78 is 0. The zero-order valence-corrected chi connectivity index (χ0v) is 12.0. The van der Waals surface area contributed by atoms with Crippen molar-refractivity contribution in [2.24, 2.45) is 11.8 Å². The molecule has 0 unspecified atom stereocenters. The Bertz CT molecular complexity index is 147. The summed E-state index contributed by atoms with van der Waals surface area (Å²) in [6.07, 6.45) is 10.7. The first-order valence-electron chi connectivity index (χ1n) is 6.83. The Balaban J connectivity index is 2.45. The molecule has 0 atom stereocenters. The van der Waals surface area contributed by atoms with Crippen LogP contribution in [0.2, 0.25) is 0 Å². The molecule has 1 heteroatoms. The zero-order chi connectivity index (χ0) is 11.3. The number of hydrogen-bond donors (Lipinski definition) is 0. The van der Waals surface area contributed by atoms with Crippen molar-refractivity contribution in [3.05, 3.63) is 0 Å². The monoisotopic (exact) mass is 228 g/mol. The third-order valence-corrected chi connectivity index (χ3v) is 7.24. The summed E-state index contributed by atoms with van der Waals surface area (Å²) in [5, 5.41) is 0. The van der Waals surface area contributed by atoms with Crippen LogP contribution >= 0.6 is 7.92 Å². The standard InChI is InChI=1S/C14H29P/c1-12(2)10-15(11-13(3)4)14-8-6-5-7-9-14/h12-14H,5-11H2,1-4H3. The van der Waals surface area contributed by atoms with Crippen molar-refractivity contribution in [1.29, 1.82) is 0 Å². The molecule has 0 aromatic heterocycles. The van der Waals surface area contributed by atoms with E-state index in [4.69, 9.17) is 0 Å². The predicted octanol–water partition coefficient (Wildman–Crippen LogP) is 5.11. The van der Waals surface area contributed by atoms with Gasteiger partial charge in [-0.3, -0.25) is 0 Å². The van der Waals surface area contributed by atoms with Crippen LogP contribution in [0.25, 0.3) is 0 Å². The SMILES string of the molecule is CC(C)CP(CC(C)C)C1CCCCC1. The van der Waals surface area contributed by atoms with E-state index in [1.54, 1.807) is 12.8 Å². The molecular weight excluding hydrogens is 199 g/mol. The van der Waals surface area contributed by atoms with Crippen LogP contribution in [0.15, 0.2) is 0 Å². The van der Waals surface area contributed by atoms with Gasteiger partial charge in [-0.1, -0.05) is 47.0 Å². The molecule has 0 N–H and O–H groups in total. The van der Waals surface area contributed by atoms with Crippen molar-refractivity contribution in [2.45, 2.75) is 65.5 Å². The molecule has 0 spiro atoms. The van der Waals surface area contributed by atoms with Gasteiger partial charge in [0.25, 0.3) is 0 Å². The first-order chi connectivity index (χ1) is 7.09. The Morgan fingerprint density at radius 1 is 0.867 bits per heavy atom. The highest BCUT2D eigenvalue weighted by molar-refractivity contribution is 7.58. The van der Waals surface area contributed by atoms with Crippen LogP contribution in [0.5, 0.6) is 0 Å². The van der Waals surface area contributed by atoms with Crippen LogP contribution in [0.4, 0.5) is 0 Å². The van der Waals surface area contributed by atoms with Crippen LogP contribution in [0.3, 0.4) is 0 Å². The van der Waals surface area contributed by atoms with E-state index in [1.807, 2.05) is 0 Å². The minimum absolute atomic E-state index is 0.342. The van der Waals surface area contributed by atoms with Gasteiger partial charge in [-0.25, -0.2) is 0 Å². The molecule has 0 heterocycles. The van der Waals surface area contributed by atoms with E-state index in [0.29, 0.717) is 7.92 Å². The molecule has 15 heavy (non-hydrogen) atoms. The molecule has 0 saturated heterocycles. The van der Waals surface area contributed by atoms with Crippen molar-refractivity contribution >= 4 is 7.92 Å². The second-order valence-corrected chi connectivity index (χ2v) is 8.67. The van der Waals surface area contributed by atoms with Crippen LogP contribution in [-0.2, 0) is 0 Å². The van der Waals surface area contributed by atoms with Gasteiger partial charge in [0.1, 0.15) is 0 Å². The summed E-state index contributed by atoms with van der Waals surface area (Å²) in [7, 11) is 0.342. The van der Waals surface area contributed by atoms with Gasteiger partial charge in [0.05, 0.1) is 0 Å². The molecule has 0 radical (unpaired) electrons. The summed E-state index contributed by atoms with van der Waals surface area (Å²) in [6.45, 7) is 9.61. The van der Waals surface area contributed by atoms with E-state index >= 15 is 0 Å². The van der Waals surface area contributed by atoms with Crippen molar-refractivity contribution in [1.82, 2.24) is 0 Å². The smallest absolute Gasteiger partial charge is 0.0209 e. The van der Waals surface area contributed by atoms with Gasteiger partial charge in [0.2, 0.25) is 0 Å². The minimum atomic E-state index is 0.342. The van der Waals surface area contributed by atoms with Crippen molar-refractivity contribution in [3.8, 4) is 0 Å². The molecule has 0 nitrogen and oxygen atoms in total. The van der Waals surface area contributed by atoms with Crippen LogP contribution in [0, 0.1) is 11.8 Å². The van der Waals surface area contributed by atoms with Crippen LogP contribution < -0.4 is 0 Å². The average molecular weight is 228 g/mol. The topological polar surface area (TPSA) is 0 Å². The largest absolute Gasteiger partial charge is 0.103 e. The van der Waals surface area contributed by atoms with Crippen molar-refractivity contribution in [3.63, 3.8) is 0 Å². The lowest BCUT2D eigenvalue weighted by atomic mass is 10.0. The molecule has 0 aliphatic heterocycles. The maximum atomic E-state index is 2.40. The highest BCUT2D eigenvalue weighted by atomic mass is 31.1. The van der Waals surface area contributed by atoms with Gasteiger partial charge < -0.3 is 0 Å². The Labute approximate surface area is 98.0 Å². The molecule has 0 amide bonds. The van der Waals surface area contributed by atoms with Gasteiger partial charge in [-0.05, 0) is 42.7 Å². The molecule has 0 aromatic rings. The van der Waals surface area contributed by atoms with E-state index in [0.717, 1.165) is 17.5 Å². The highest BCUT2D eigenvalue weighted by Crippen LogP contribution is 2.50. The highest BCUT2D eigenvalue weighted by Gasteiger charge is 2.24. The Morgan fingerprint density at radius 2 is 1.33 bits per heavy atom. The second kappa shape index (κ2) is 6.89. The summed E-state index contributed by atoms with van der Waals surface area (Å²) in [5.41, 5.74) is 1.12. The molecule has 90 valence electrons. The van der Waals surface area contributed by atoms with E-state index in [1.165, 1.54) is 31.6 Å². The molecule has 1 fully saturated rings. The fourth-order valence-electron chi connectivity index (χ4n) is 2.76. The molecule has 1 aliphatic carbocycles. The first-order valence-corrected chi connectivity index (χ1v) is 8.61. The summed E-state index contributed by atoms with van der Waals surface area (Å²) in [4.78, 5) is 0. The summed E-state index contributed by atoms with van der Waals surface area (Å²) in [5.74, 6) is 1.83. The number of rotatable bonds is 5. The van der Waals surface area contributed by atoms with Crippen LogP contribution in [-0.4, -0.2) is 18.0 Å².